The highest BCUT2D eigenvalue weighted by molar-refractivity contribution is 4.85. The first-order chi connectivity index (χ1) is 7.90. The van der Waals surface area contributed by atoms with Gasteiger partial charge in [-0.2, -0.15) is 0 Å². The molecule has 92 valence electrons. The average molecular weight is 222 g/mol. The molecule has 16 heavy (non-hydrogen) atoms. The van der Waals surface area contributed by atoms with E-state index < -0.39 is 0 Å². The number of piperidine rings is 1. The van der Waals surface area contributed by atoms with Crippen molar-refractivity contribution < 1.29 is 0 Å². The highest BCUT2D eigenvalue weighted by Gasteiger charge is 2.27. The number of nitrogens with zero attached hydrogens (tertiary/aromatic N) is 1. The molecule has 1 N–H and O–H groups in total. The van der Waals surface area contributed by atoms with Crippen LogP contribution in [0, 0.1) is 5.92 Å². The molecule has 2 fully saturated rings. The highest BCUT2D eigenvalue weighted by atomic mass is 15.1. The molecule has 1 atom stereocenters. The fraction of sp³-hybridized carbons (Fsp3) is 0.857. The zero-order chi connectivity index (χ0) is 11.2. The summed E-state index contributed by atoms with van der Waals surface area (Å²) in [5, 5.41) is 3.66. The third kappa shape index (κ3) is 3.33. The van der Waals surface area contributed by atoms with Crippen LogP contribution in [0.3, 0.4) is 0 Å². The number of unbranched alkanes of at least 4 members (excludes halogenated alkanes) is 1. The Morgan fingerprint density at radius 1 is 1.25 bits per heavy atom. The number of hydrogen-bond acceptors (Lipinski definition) is 2. The molecule has 0 aromatic heterocycles. The molecule has 0 saturated carbocycles. The standard InChI is InChI=1S/C14H26N2/c1-2-3-4-10-16-11-7-13(8-12-16)14-6-5-9-15-14/h2,13-15H,1,3-12H2. The molecule has 1 unspecified atom stereocenters. The molecule has 2 nitrogen and oxygen atoms in total. The average Bonchev–Trinajstić information content (AvgIpc) is 2.84. The summed E-state index contributed by atoms with van der Waals surface area (Å²) in [5.74, 6) is 0.957. The van der Waals surface area contributed by atoms with Gasteiger partial charge < -0.3 is 10.2 Å². The van der Waals surface area contributed by atoms with Crippen LogP contribution < -0.4 is 5.32 Å². The second-order valence-electron chi connectivity index (χ2n) is 5.31. The lowest BCUT2D eigenvalue weighted by atomic mass is 9.88. The Morgan fingerprint density at radius 3 is 2.69 bits per heavy atom. The maximum Gasteiger partial charge on any atom is 0.00967 e. The Morgan fingerprint density at radius 2 is 2.06 bits per heavy atom. The molecule has 2 saturated heterocycles. The van der Waals surface area contributed by atoms with E-state index in [1.165, 1.54) is 64.7 Å². The van der Waals surface area contributed by atoms with Gasteiger partial charge in [0.05, 0.1) is 0 Å². The van der Waals surface area contributed by atoms with Gasteiger partial charge in [-0.05, 0) is 70.6 Å². The quantitative estimate of drug-likeness (QED) is 0.568. The number of rotatable bonds is 5. The van der Waals surface area contributed by atoms with Gasteiger partial charge in [-0.3, -0.25) is 0 Å². The largest absolute Gasteiger partial charge is 0.314 e. The second kappa shape index (κ2) is 6.41. The van der Waals surface area contributed by atoms with E-state index in [1.807, 2.05) is 6.08 Å². The molecular weight excluding hydrogens is 196 g/mol. The van der Waals surface area contributed by atoms with Crippen molar-refractivity contribution in [1.29, 1.82) is 0 Å². The van der Waals surface area contributed by atoms with Crippen molar-refractivity contribution in [2.45, 2.75) is 44.6 Å². The minimum absolute atomic E-state index is 0.843. The summed E-state index contributed by atoms with van der Waals surface area (Å²) in [7, 11) is 0. The molecule has 2 heteroatoms. The third-order valence-corrected chi connectivity index (χ3v) is 4.18. The van der Waals surface area contributed by atoms with Crippen LogP contribution >= 0.6 is 0 Å². The van der Waals surface area contributed by atoms with Gasteiger partial charge in [0, 0.05) is 6.04 Å². The first-order valence-electron chi connectivity index (χ1n) is 6.97. The van der Waals surface area contributed by atoms with Crippen LogP contribution in [0.1, 0.15) is 38.5 Å². The van der Waals surface area contributed by atoms with Crippen molar-refractivity contribution in [2.24, 2.45) is 5.92 Å². The molecule has 0 aliphatic carbocycles. The fourth-order valence-corrected chi connectivity index (χ4v) is 3.15. The van der Waals surface area contributed by atoms with Gasteiger partial charge >= 0.3 is 0 Å². The predicted molar refractivity (Wildman–Crippen MR) is 69.6 cm³/mol. The minimum Gasteiger partial charge on any atom is -0.314 e. The smallest absolute Gasteiger partial charge is 0.00967 e. The lowest BCUT2D eigenvalue weighted by Gasteiger charge is -2.34. The Bertz CT molecular complexity index is 201. The first kappa shape index (κ1) is 12.1. The van der Waals surface area contributed by atoms with Crippen LogP contribution in [0.2, 0.25) is 0 Å². The number of allylic oxidation sites excluding steroid dienone is 1. The number of hydrogen-bond donors (Lipinski definition) is 1. The van der Waals surface area contributed by atoms with Gasteiger partial charge in [-0.1, -0.05) is 6.08 Å². The van der Waals surface area contributed by atoms with Gasteiger partial charge in [0.1, 0.15) is 0 Å². The van der Waals surface area contributed by atoms with E-state index in [9.17, 15) is 0 Å². The topological polar surface area (TPSA) is 15.3 Å². The van der Waals surface area contributed by atoms with Crippen molar-refractivity contribution in [3.05, 3.63) is 12.7 Å². The Hall–Kier alpha value is -0.340. The molecule has 0 spiro atoms. The molecule has 2 aliphatic rings. The summed E-state index contributed by atoms with van der Waals surface area (Å²) in [5.41, 5.74) is 0. The summed E-state index contributed by atoms with van der Waals surface area (Å²) >= 11 is 0. The molecule has 2 aliphatic heterocycles. The van der Waals surface area contributed by atoms with E-state index >= 15 is 0 Å². The number of nitrogens with one attached hydrogen (secondary N) is 1. The summed E-state index contributed by atoms with van der Waals surface area (Å²) < 4.78 is 0. The van der Waals surface area contributed by atoms with Crippen LogP contribution in [0.5, 0.6) is 0 Å². The SMILES string of the molecule is C=CCCCN1CCC(C2CCCN2)CC1. The molecule has 0 aromatic rings. The molecule has 0 radical (unpaired) electrons. The van der Waals surface area contributed by atoms with E-state index in [0.29, 0.717) is 0 Å². The minimum atomic E-state index is 0.843. The first-order valence-corrected chi connectivity index (χ1v) is 6.97. The number of likely N-dealkylation sites (tertiary alicyclic amines) is 1. The molecule has 0 amide bonds. The second-order valence-corrected chi connectivity index (χ2v) is 5.31. The molecule has 2 rings (SSSR count). The summed E-state index contributed by atoms with van der Waals surface area (Å²) in [6, 6.07) is 0.843. The van der Waals surface area contributed by atoms with Gasteiger partial charge in [0.2, 0.25) is 0 Å². The monoisotopic (exact) mass is 222 g/mol. The summed E-state index contributed by atoms with van der Waals surface area (Å²) in [6.45, 7) is 8.95. The summed E-state index contributed by atoms with van der Waals surface area (Å²) in [6.07, 6.45) is 10.1. The van der Waals surface area contributed by atoms with Crippen molar-refractivity contribution in [3.63, 3.8) is 0 Å². The van der Waals surface area contributed by atoms with Crippen LogP contribution in [0.25, 0.3) is 0 Å². The molecule has 2 heterocycles. The Balaban J connectivity index is 1.63. The Kier molecular flexibility index (Phi) is 4.86. The lowest BCUT2D eigenvalue weighted by molar-refractivity contribution is 0.162. The van der Waals surface area contributed by atoms with E-state index in [1.54, 1.807) is 0 Å². The fourth-order valence-electron chi connectivity index (χ4n) is 3.15. The highest BCUT2D eigenvalue weighted by Crippen LogP contribution is 2.25. The van der Waals surface area contributed by atoms with Crippen LogP contribution in [-0.2, 0) is 0 Å². The van der Waals surface area contributed by atoms with Gasteiger partial charge in [0.25, 0.3) is 0 Å². The van der Waals surface area contributed by atoms with Crippen LogP contribution in [0.15, 0.2) is 12.7 Å². The maximum atomic E-state index is 3.78. The van der Waals surface area contributed by atoms with Gasteiger partial charge in [0.15, 0.2) is 0 Å². The Labute approximate surface area is 100 Å². The molecular formula is C14H26N2. The van der Waals surface area contributed by atoms with E-state index in [-0.39, 0.29) is 0 Å². The van der Waals surface area contributed by atoms with E-state index in [2.05, 4.69) is 16.8 Å². The van der Waals surface area contributed by atoms with Gasteiger partial charge in [-0.25, -0.2) is 0 Å². The van der Waals surface area contributed by atoms with Crippen molar-refractivity contribution in [1.82, 2.24) is 10.2 Å². The van der Waals surface area contributed by atoms with Crippen LogP contribution in [-0.4, -0.2) is 37.1 Å². The van der Waals surface area contributed by atoms with Crippen molar-refractivity contribution in [2.75, 3.05) is 26.2 Å². The lowest BCUT2D eigenvalue weighted by Crippen LogP contribution is -2.41. The molecule has 0 aromatic carbocycles. The molecule has 0 bridgehead atoms. The maximum absolute atomic E-state index is 3.78. The zero-order valence-corrected chi connectivity index (χ0v) is 10.5. The van der Waals surface area contributed by atoms with Crippen molar-refractivity contribution >= 4 is 0 Å². The normalized spacial score (nSPS) is 28.4. The van der Waals surface area contributed by atoms with E-state index in [0.717, 1.165) is 12.0 Å². The van der Waals surface area contributed by atoms with Gasteiger partial charge in [-0.15, -0.1) is 6.58 Å². The van der Waals surface area contributed by atoms with Crippen LogP contribution in [0.4, 0.5) is 0 Å². The van der Waals surface area contributed by atoms with E-state index in [4.69, 9.17) is 0 Å². The third-order valence-electron chi connectivity index (χ3n) is 4.18. The zero-order valence-electron chi connectivity index (χ0n) is 10.5. The predicted octanol–water partition coefficient (Wildman–Crippen LogP) is 2.42. The van der Waals surface area contributed by atoms with Crippen molar-refractivity contribution in [3.8, 4) is 0 Å². The summed E-state index contributed by atoms with van der Waals surface area (Å²) in [4.78, 5) is 2.63.